The fourth-order valence-corrected chi connectivity index (χ4v) is 3.21. The Bertz CT molecular complexity index is 892. The molecule has 3 aromatic heterocycles. The third kappa shape index (κ3) is 3.54. The van der Waals surface area contributed by atoms with E-state index >= 15 is 0 Å². The summed E-state index contributed by atoms with van der Waals surface area (Å²) in [6.45, 7) is 3.58. The molecule has 0 atom stereocenters. The van der Waals surface area contributed by atoms with Crippen LogP contribution in [0.2, 0.25) is 0 Å². The van der Waals surface area contributed by atoms with Crippen molar-refractivity contribution in [2.24, 2.45) is 10.7 Å². The van der Waals surface area contributed by atoms with Gasteiger partial charge >= 0.3 is 0 Å². The van der Waals surface area contributed by atoms with E-state index in [0.29, 0.717) is 0 Å². The number of hydrogen-bond acceptors (Lipinski definition) is 5. The molecule has 7 nitrogen and oxygen atoms in total. The van der Waals surface area contributed by atoms with Crippen LogP contribution in [0, 0.1) is 6.92 Å². The van der Waals surface area contributed by atoms with Crippen molar-refractivity contribution in [1.82, 2.24) is 19.7 Å². The van der Waals surface area contributed by atoms with Gasteiger partial charge in [0.25, 0.3) is 5.91 Å². The SMILES string of the molecule is CC(N)=NC(=O)Cn1ccc(-c2sc(-c3cccnc3)nc2C)n1. The van der Waals surface area contributed by atoms with Crippen molar-refractivity contribution in [3.63, 3.8) is 0 Å². The summed E-state index contributed by atoms with van der Waals surface area (Å²) in [6.07, 6.45) is 5.26. The van der Waals surface area contributed by atoms with E-state index in [9.17, 15) is 4.79 Å². The number of aliphatic imine (C=N–C) groups is 1. The molecule has 3 aromatic rings. The van der Waals surface area contributed by atoms with Crippen LogP contribution in [-0.4, -0.2) is 31.5 Å². The third-order valence-electron chi connectivity index (χ3n) is 3.18. The molecule has 0 bridgehead atoms. The van der Waals surface area contributed by atoms with Crippen molar-refractivity contribution >= 4 is 23.1 Å². The summed E-state index contributed by atoms with van der Waals surface area (Å²) in [7, 11) is 0. The van der Waals surface area contributed by atoms with Gasteiger partial charge in [0.1, 0.15) is 17.2 Å². The Morgan fingerprint density at radius 3 is 2.96 bits per heavy atom. The Balaban J connectivity index is 1.84. The maximum atomic E-state index is 11.7. The van der Waals surface area contributed by atoms with Crippen molar-refractivity contribution in [2.45, 2.75) is 20.4 Å². The van der Waals surface area contributed by atoms with Gasteiger partial charge in [-0.3, -0.25) is 14.5 Å². The van der Waals surface area contributed by atoms with Crippen molar-refractivity contribution < 1.29 is 4.79 Å². The minimum Gasteiger partial charge on any atom is -0.387 e. The second-order valence-corrected chi connectivity index (χ2v) is 6.22. The average molecular weight is 340 g/mol. The van der Waals surface area contributed by atoms with E-state index in [0.717, 1.165) is 26.8 Å². The van der Waals surface area contributed by atoms with Crippen LogP contribution in [0.3, 0.4) is 0 Å². The van der Waals surface area contributed by atoms with Gasteiger partial charge < -0.3 is 5.73 Å². The lowest BCUT2D eigenvalue weighted by Gasteiger charge is -1.97. The first kappa shape index (κ1) is 16.0. The number of hydrogen-bond donors (Lipinski definition) is 1. The molecule has 0 fully saturated rings. The van der Waals surface area contributed by atoms with Crippen molar-refractivity contribution in [3.05, 3.63) is 42.5 Å². The largest absolute Gasteiger partial charge is 0.387 e. The second-order valence-electron chi connectivity index (χ2n) is 5.22. The van der Waals surface area contributed by atoms with E-state index in [2.05, 4.69) is 20.1 Å². The number of amidine groups is 1. The van der Waals surface area contributed by atoms with Gasteiger partial charge in [0, 0.05) is 24.2 Å². The fourth-order valence-electron chi connectivity index (χ4n) is 2.19. The highest BCUT2D eigenvalue weighted by atomic mass is 32.1. The van der Waals surface area contributed by atoms with Gasteiger partial charge in [-0.15, -0.1) is 11.3 Å². The molecule has 0 saturated carbocycles. The van der Waals surface area contributed by atoms with E-state index in [1.165, 1.54) is 0 Å². The molecule has 8 heteroatoms. The Morgan fingerprint density at radius 1 is 1.42 bits per heavy atom. The molecule has 3 heterocycles. The number of nitrogens with two attached hydrogens (primary N) is 1. The van der Waals surface area contributed by atoms with Crippen LogP contribution < -0.4 is 5.73 Å². The maximum Gasteiger partial charge on any atom is 0.269 e. The van der Waals surface area contributed by atoms with Crippen molar-refractivity contribution in [3.8, 4) is 21.1 Å². The number of rotatable bonds is 4. The van der Waals surface area contributed by atoms with Crippen LogP contribution in [0.25, 0.3) is 21.1 Å². The first-order valence-electron chi connectivity index (χ1n) is 7.28. The Labute approximate surface area is 142 Å². The lowest BCUT2D eigenvalue weighted by Crippen LogP contribution is -2.14. The number of carbonyl (C=O) groups is 1. The smallest absolute Gasteiger partial charge is 0.269 e. The quantitative estimate of drug-likeness (QED) is 0.580. The number of amides is 1. The minimum absolute atomic E-state index is 0.0574. The van der Waals surface area contributed by atoms with Crippen molar-refractivity contribution in [1.29, 1.82) is 0 Å². The molecule has 0 unspecified atom stereocenters. The Morgan fingerprint density at radius 2 is 2.25 bits per heavy atom. The number of carbonyl (C=O) groups excluding carboxylic acids is 1. The van der Waals surface area contributed by atoms with Crippen LogP contribution in [0.15, 0.2) is 41.8 Å². The van der Waals surface area contributed by atoms with Gasteiger partial charge in [-0.1, -0.05) is 0 Å². The van der Waals surface area contributed by atoms with E-state index in [-0.39, 0.29) is 18.3 Å². The molecule has 0 aliphatic carbocycles. The summed E-state index contributed by atoms with van der Waals surface area (Å²) in [5, 5.41) is 5.33. The fraction of sp³-hybridized carbons (Fsp3) is 0.188. The van der Waals surface area contributed by atoms with Crippen molar-refractivity contribution in [2.75, 3.05) is 0 Å². The van der Waals surface area contributed by atoms with E-state index in [4.69, 9.17) is 5.73 Å². The average Bonchev–Trinajstić information content (AvgIpc) is 3.14. The molecule has 1 amide bonds. The first-order chi connectivity index (χ1) is 11.5. The lowest BCUT2D eigenvalue weighted by atomic mass is 10.3. The van der Waals surface area contributed by atoms with Gasteiger partial charge in [0.2, 0.25) is 0 Å². The summed E-state index contributed by atoms with van der Waals surface area (Å²) in [4.78, 5) is 25.1. The predicted molar refractivity (Wildman–Crippen MR) is 93.6 cm³/mol. The highest BCUT2D eigenvalue weighted by Crippen LogP contribution is 2.33. The zero-order chi connectivity index (χ0) is 17.1. The summed E-state index contributed by atoms with van der Waals surface area (Å²) < 4.78 is 1.55. The number of thiazole rings is 1. The normalized spacial score (nSPS) is 11.7. The zero-order valence-corrected chi connectivity index (χ0v) is 14.1. The third-order valence-corrected chi connectivity index (χ3v) is 4.41. The molecule has 24 heavy (non-hydrogen) atoms. The molecular formula is C16H16N6OS. The van der Waals surface area contributed by atoms with Crippen LogP contribution >= 0.6 is 11.3 Å². The summed E-state index contributed by atoms with van der Waals surface area (Å²) >= 11 is 1.55. The summed E-state index contributed by atoms with van der Waals surface area (Å²) in [6, 6.07) is 5.71. The lowest BCUT2D eigenvalue weighted by molar-refractivity contribution is -0.118. The maximum absolute atomic E-state index is 11.7. The molecule has 0 aliphatic heterocycles. The van der Waals surface area contributed by atoms with E-state index in [1.807, 2.05) is 25.1 Å². The monoisotopic (exact) mass is 340 g/mol. The second kappa shape index (κ2) is 6.71. The summed E-state index contributed by atoms with van der Waals surface area (Å²) in [5.41, 5.74) is 8.05. The molecular weight excluding hydrogens is 324 g/mol. The molecule has 0 aromatic carbocycles. The molecule has 0 spiro atoms. The number of nitrogens with zero attached hydrogens (tertiary/aromatic N) is 5. The first-order valence-corrected chi connectivity index (χ1v) is 8.10. The molecule has 0 aliphatic rings. The van der Waals surface area contributed by atoms with Gasteiger partial charge in [-0.2, -0.15) is 10.1 Å². The van der Waals surface area contributed by atoms with Crippen LogP contribution in [0.4, 0.5) is 0 Å². The number of pyridine rings is 1. The predicted octanol–water partition coefficient (Wildman–Crippen LogP) is 2.28. The topological polar surface area (TPSA) is 99.0 Å². The molecule has 0 saturated heterocycles. The van der Waals surface area contributed by atoms with Crippen LogP contribution in [0.1, 0.15) is 12.6 Å². The van der Waals surface area contributed by atoms with Crippen LogP contribution in [-0.2, 0) is 11.3 Å². The highest BCUT2D eigenvalue weighted by Gasteiger charge is 2.14. The molecule has 122 valence electrons. The Hall–Kier alpha value is -2.87. The van der Waals surface area contributed by atoms with Gasteiger partial charge in [-0.05, 0) is 32.0 Å². The molecule has 3 rings (SSSR count). The molecule has 2 N–H and O–H groups in total. The van der Waals surface area contributed by atoms with E-state index < -0.39 is 0 Å². The molecule has 0 radical (unpaired) electrons. The Kier molecular flexibility index (Phi) is 4.48. The highest BCUT2D eigenvalue weighted by molar-refractivity contribution is 7.18. The number of aromatic nitrogens is 4. The summed E-state index contributed by atoms with van der Waals surface area (Å²) in [5.74, 6) is -0.0893. The van der Waals surface area contributed by atoms with Gasteiger partial charge in [-0.25, -0.2) is 4.98 Å². The minimum atomic E-state index is -0.332. The zero-order valence-electron chi connectivity index (χ0n) is 13.3. The van der Waals surface area contributed by atoms with Gasteiger partial charge in [0.05, 0.1) is 16.4 Å². The van der Waals surface area contributed by atoms with Crippen LogP contribution in [0.5, 0.6) is 0 Å². The van der Waals surface area contributed by atoms with E-state index in [1.54, 1.807) is 41.5 Å². The van der Waals surface area contributed by atoms with Gasteiger partial charge in [0.15, 0.2) is 0 Å². The standard InChI is InChI=1S/C16H16N6OS/c1-10-15(24-16(19-10)12-4-3-6-18-8-12)13-5-7-22(21-13)9-14(23)20-11(2)17/h3-8H,9H2,1-2H3,(H2,17,20,23). The number of aryl methyl sites for hydroxylation is 1.